The Hall–Kier alpha value is -4.05. The van der Waals surface area contributed by atoms with Crippen LogP contribution in [0.25, 0.3) is 0 Å². The van der Waals surface area contributed by atoms with Gasteiger partial charge in [0.1, 0.15) is 24.1 Å². The van der Waals surface area contributed by atoms with Crippen LogP contribution in [0.3, 0.4) is 0 Å². The van der Waals surface area contributed by atoms with Crippen molar-refractivity contribution in [3.05, 3.63) is 84.4 Å². The fourth-order valence-electron chi connectivity index (χ4n) is 3.93. The number of methoxy groups -OCH3 is 2. The number of hydrogen-bond acceptors (Lipinski definition) is 6. The average Bonchev–Trinajstić information content (AvgIpc) is 2.94. The Balaban J connectivity index is 2.03. The summed E-state index contributed by atoms with van der Waals surface area (Å²) in [6, 6.07) is 20.5. The average molecular weight is 554 g/mol. The van der Waals surface area contributed by atoms with E-state index in [0.29, 0.717) is 11.5 Å². The number of nitrogens with zero attached hydrogens (tertiary/aromatic N) is 2. The summed E-state index contributed by atoms with van der Waals surface area (Å²) in [6.45, 7) is 4.85. The summed E-state index contributed by atoms with van der Waals surface area (Å²) in [5, 5.41) is 2.84. The second kappa shape index (κ2) is 13.1. The smallest absolute Gasteiger partial charge is 0.264 e. The quantitative estimate of drug-likeness (QED) is 0.365. The molecule has 3 rings (SSSR count). The Labute approximate surface area is 230 Å². The van der Waals surface area contributed by atoms with Crippen molar-refractivity contribution < 1.29 is 27.5 Å². The van der Waals surface area contributed by atoms with Crippen molar-refractivity contribution in [1.29, 1.82) is 0 Å². The third-order valence-electron chi connectivity index (χ3n) is 6.06. The Morgan fingerprint density at radius 3 is 2.08 bits per heavy atom. The molecule has 0 aromatic heterocycles. The number of sulfonamides is 1. The number of carbonyl (C=O) groups excluding carboxylic acids is 2. The lowest BCUT2D eigenvalue weighted by atomic mass is 10.1. The number of carbonyl (C=O) groups is 2. The SMILES string of the molecule is COc1ccc(CN(C(=O)CN(c2cccc(OC)c2)S(=O)(=O)c2ccccc2)C(C)C(=O)NC(C)C)cc1. The zero-order chi connectivity index (χ0) is 28.6. The van der Waals surface area contributed by atoms with Crippen molar-refractivity contribution in [2.45, 2.75) is 44.3 Å². The molecule has 208 valence electrons. The van der Waals surface area contributed by atoms with Gasteiger partial charge >= 0.3 is 0 Å². The van der Waals surface area contributed by atoms with Gasteiger partial charge in [-0.2, -0.15) is 0 Å². The maximum Gasteiger partial charge on any atom is 0.264 e. The highest BCUT2D eigenvalue weighted by molar-refractivity contribution is 7.92. The first-order chi connectivity index (χ1) is 18.6. The van der Waals surface area contributed by atoms with Crippen LogP contribution >= 0.6 is 0 Å². The van der Waals surface area contributed by atoms with E-state index in [1.165, 1.54) is 24.1 Å². The van der Waals surface area contributed by atoms with Crippen LogP contribution in [0.2, 0.25) is 0 Å². The van der Waals surface area contributed by atoms with E-state index in [0.717, 1.165) is 9.87 Å². The highest BCUT2D eigenvalue weighted by Crippen LogP contribution is 2.27. The fourth-order valence-corrected chi connectivity index (χ4v) is 5.36. The Kier molecular flexibility index (Phi) is 9.95. The molecule has 0 saturated carbocycles. The molecule has 0 saturated heterocycles. The van der Waals surface area contributed by atoms with Gasteiger partial charge in [-0.1, -0.05) is 36.4 Å². The first-order valence-corrected chi connectivity index (χ1v) is 14.0. The second-order valence-corrected chi connectivity index (χ2v) is 11.1. The van der Waals surface area contributed by atoms with E-state index in [4.69, 9.17) is 9.47 Å². The van der Waals surface area contributed by atoms with Crippen molar-refractivity contribution >= 4 is 27.5 Å². The molecule has 9 nitrogen and oxygen atoms in total. The van der Waals surface area contributed by atoms with Crippen LogP contribution < -0.4 is 19.1 Å². The van der Waals surface area contributed by atoms with E-state index < -0.39 is 28.5 Å². The van der Waals surface area contributed by atoms with Crippen LogP contribution in [-0.2, 0) is 26.2 Å². The van der Waals surface area contributed by atoms with Gasteiger partial charge in [0, 0.05) is 18.7 Å². The van der Waals surface area contributed by atoms with Gasteiger partial charge in [0.2, 0.25) is 11.8 Å². The number of benzene rings is 3. The van der Waals surface area contributed by atoms with E-state index >= 15 is 0 Å². The lowest BCUT2D eigenvalue weighted by molar-refractivity contribution is -0.139. The normalized spacial score (nSPS) is 11.9. The number of amides is 2. The van der Waals surface area contributed by atoms with Gasteiger partial charge in [-0.15, -0.1) is 0 Å². The topological polar surface area (TPSA) is 105 Å². The fraction of sp³-hybridized carbons (Fsp3) is 0.310. The molecule has 0 fully saturated rings. The molecule has 3 aromatic carbocycles. The van der Waals surface area contributed by atoms with Gasteiger partial charge in [0.25, 0.3) is 10.0 Å². The molecule has 0 radical (unpaired) electrons. The number of anilines is 1. The van der Waals surface area contributed by atoms with Gasteiger partial charge < -0.3 is 19.7 Å². The third kappa shape index (κ3) is 7.51. The van der Waals surface area contributed by atoms with Gasteiger partial charge in [-0.25, -0.2) is 8.42 Å². The Morgan fingerprint density at radius 2 is 1.49 bits per heavy atom. The molecule has 0 heterocycles. The molecule has 2 amide bonds. The summed E-state index contributed by atoms with van der Waals surface area (Å²) in [4.78, 5) is 28.3. The van der Waals surface area contributed by atoms with E-state index in [9.17, 15) is 18.0 Å². The van der Waals surface area contributed by atoms with Crippen LogP contribution in [0.5, 0.6) is 11.5 Å². The summed E-state index contributed by atoms with van der Waals surface area (Å²) >= 11 is 0. The minimum absolute atomic E-state index is 0.0351. The Bertz CT molecular complexity index is 1360. The molecule has 10 heteroatoms. The van der Waals surface area contributed by atoms with Crippen LogP contribution in [0.4, 0.5) is 5.69 Å². The maximum absolute atomic E-state index is 13.9. The molecule has 1 N–H and O–H groups in total. The first kappa shape index (κ1) is 29.5. The van der Waals surface area contributed by atoms with E-state index in [2.05, 4.69) is 5.32 Å². The summed E-state index contributed by atoms with van der Waals surface area (Å²) in [5.74, 6) is 0.207. The first-order valence-electron chi connectivity index (χ1n) is 12.5. The van der Waals surface area contributed by atoms with Crippen molar-refractivity contribution in [3.8, 4) is 11.5 Å². The molecule has 3 aromatic rings. The van der Waals surface area contributed by atoms with Crippen LogP contribution in [0, 0.1) is 0 Å². The van der Waals surface area contributed by atoms with E-state index in [-0.39, 0.29) is 29.1 Å². The van der Waals surface area contributed by atoms with Crippen LogP contribution in [-0.4, -0.2) is 58.0 Å². The van der Waals surface area contributed by atoms with Gasteiger partial charge in [-0.3, -0.25) is 13.9 Å². The zero-order valence-corrected chi connectivity index (χ0v) is 23.6. The highest BCUT2D eigenvalue weighted by atomic mass is 32.2. The van der Waals surface area contributed by atoms with E-state index in [1.807, 2.05) is 13.8 Å². The maximum atomic E-state index is 13.9. The van der Waals surface area contributed by atoms with Gasteiger partial charge in [-0.05, 0) is 62.7 Å². The number of ether oxygens (including phenoxy) is 2. The van der Waals surface area contributed by atoms with E-state index in [1.54, 1.807) is 80.8 Å². The zero-order valence-electron chi connectivity index (χ0n) is 22.8. The van der Waals surface area contributed by atoms with Gasteiger partial charge in [0.05, 0.1) is 24.8 Å². The predicted octanol–water partition coefficient (Wildman–Crippen LogP) is 3.84. The third-order valence-corrected chi connectivity index (χ3v) is 7.85. The highest BCUT2D eigenvalue weighted by Gasteiger charge is 2.32. The minimum Gasteiger partial charge on any atom is -0.497 e. The number of hydrogen-bond donors (Lipinski definition) is 1. The molecule has 1 unspecified atom stereocenters. The molecular weight excluding hydrogens is 518 g/mol. The summed E-state index contributed by atoms with van der Waals surface area (Å²) in [5.41, 5.74) is 1.02. The molecule has 0 aliphatic heterocycles. The minimum atomic E-state index is -4.14. The predicted molar refractivity (Wildman–Crippen MR) is 150 cm³/mol. The summed E-state index contributed by atoms with van der Waals surface area (Å²) in [6.07, 6.45) is 0. The molecule has 0 spiro atoms. The van der Waals surface area contributed by atoms with Crippen LogP contribution in [0.15, 0.2) is 83.8 Å². The van der Waals surface area contributed by atoms with Gasteiger partial charge in [0.15, 0.2) is 0 Å². The lowest BCUT2D eigenvalue weighted by Crippen LogP contribution is -2.52. The molecule has 1 atom stereocenters. The molecule has 0 bridgehead atoms. The van der Waals surface area contributed by atoms with Crippen molar-refractivity contribution in [3.63, 3.8) is 0 Å². The monoisotopic (exact) mass is 553 g/mol. The van der Waals surface area contributed by atoms with Crippen LogP contribution in [0.1, 0.15) is 26.3 Å². The standard InChI is InChI=1S/C29H35N3O6S/c1-21(2)30-29(34)22(3)31(19-23-14-16-25(37-4)17-15-23)28(33)20-32(24-10-9-11-26(18-24)38-5)39(35,36)27-12-7-6-8-13-27/h6-18,21-22H,19-20H2,1-5H3,(H,30,34). The molecular formula is C29H35N3O6S. The number of rotatable bonds is 12. The van der Waals surface area contributed by atoms with Crippen molar-refractivity contribution in [2.24, 2.45) is 0 Å². The van der Waals surface area contributed by atoms with Crippen molar-refractivity contribution in [2.75, 3.05) is 25.1 Å². The summed E-state index contributed by atoms with van der Waals surface area (Å²) in [7, 11) is -1.10. The lowest BCUT2D eigenvalue weighted by Gasteiger charge is -2.32. The van der Waals surface area contributed by atoms with Crippen molar-refractivity contribution in [1.82, 2.24) is 10.2 Å². The summed E-state index contributed by atoms with van der Waals surface area (Å²) < 4.78 is 39.1. The molecule has 0 aliphatic carbocycles. The Morgan fingerprint density at radius 1 is 0.846 bits per heavy atom. The largest absolute Gasteiger partial charge is 0.497 e. The molecule has 0 aliphatic rings. The second-order valence-electron chi connectivity index (χ2n) is 9.24. The molecule has 39 heavy (non-hydrogen) atoms. The number of nitrogens with one attached hydrogen (secondary N) is 1.